The number of carboxylic acid groups (broad SMARTS) is 1. The molecule has 0 bridgehead atoms. The van der Waals surface area contributed by atoms with Gasteiger partial charge >= 0.3 is 5.97 Å². The van der Waals surface area contributed by atoms with Crippen LogP contribution in [0.4, 0.5) is 0 Å². The van der Waals surface area contributed by atoms with Gasteiger partial charge in [0.15, 0.2) is 0 Å². The zero-order chi connectivity index (χ0) is 27.8. The third kappa shape index (κ3) is 7.56. The van der Waals surface area contributed by atoms with Crippen LogP contribution >= 0.6 is 0 Å². The van der Waals surface area contributed by atoms with Crippen LogP contribution in [-0.4, -0.2) is 63.6 Å². The Hall–Kier alpha value is -4.38. The molecule has 11 nitrogen and oxygen atoms in total. The van der Waals surface area contributed by atoms with Gasteiger partial charge in [-0.2, -0.15) is 0 Å². The first-order valence-electron chi connectivity index (χ1n) is 12.2. The van der Waals surface area contributed by atoms with Crippen LogP contribution in [0, 0.1) is 5.92 Å². The maximum Gasteiger partial charge on any atom is 0.326 e. The number of aromatic amines is 1. The van der Waals surface area contributed by atoms with Crippen LogP contribution in [0.3, 0.4) is 0 Å². The lowest BCUT2D eigenvalue weighted by atomic mass is 10.0. The number of carboxylic acids is 1. The molecule has 1 aromatic heterocycles. The highest BCUT2D eigenvalue weighted by Crippen LogP contribution is 2.19. The molecule has 1 heterocycles. The highest BCUT2D eigenvalue weighted by Gasteiger charge is 2.28. The topological polar surface area (TPSA) is 187 Å². The van der Waals surface area contributed by atoms with Gasteiger partial charge in [0.2, 0.25) is 17.7 Å². The van der Waals surface area contributed by atoms with E-state index in [1.807, 2.05) is 24.3 Å². The minimum atomic E-state index is -1.26. The lowest BCUT2D eigenvalue weighted by Crippen LogP contribution is -2.55. The molecule has 0 saturated carbocycles. The Kier molecular flexibility index (Phi) is 9.44. The first-order chi connectivity index (χ1) is 18.0. The van der Waals surface area contributed by atoms with Gasteiger partial charge < -0.3 is 36.9 Å². The molecule has 0 aliphatic heterocycles. The summed E-state index contributed by atoms with van der Waals surface area (Å²) in [5.41, 5.74) is 7.98. The summed E-state index contributed by atoms with van der Waals surface area (Å²) in [6.07, 6.45) is 1.75. The third-order valence-corrected chi connectivity index (χ3v) is 6.19. The second-order valence-electron chi connectivity index (χ2n) is 9.44. The first-order valence-corrected chi connectivity index (χ1v) is 12.2. The summed E-state index contributed by atoms with van der Waals surface area (Å²) in [4.78, 5) is 53.1. The van der Waals surface area contributed by atoms with Crippen LogP contribution in [0.1, 0.15) is 25.0 Å². The average molecular weight is 524 g/mol. The fourth-order valence-electron chi connectivity index (χ4n) is 3.90. The van der Waals surface area contributed by atoms with Crippen molar-refractivity contribution in [3.8, 4) is 5.75 Å². The molecule has 3 aromatic rings. The Balaban J connectivity index is 1.73. The molecule has 0 spiro atoms. The van der Waals surface area contributed by atoms with Gasteiger partial charge in [-0.15, -0.1) is 0 Å². The van der Waals surface area contributed by atoms with E-state index in [1.165, 1.54) is 12.1 Å². The predicted octanol–water partition coefficient (Wildman–Crippen LogP) is 0.812. The van der Waals surface area contributed by atoms with E-state index in [2.05, 4.69) is 20.9 Å². The van der Waals surface area contributed by atoms with E-state index >= 15 is 0 Å². The fourth-order valence-corrected chi connectivity index (χ4v) is 3.90. The predicted molar refractivity (Wildman–Crippen MR) is 141 cm³/mol. The van der Waals surface area contributed by atoms with E-state index in [0.29, 0.717) is 5.56 Å². The molecule has 3 atom stereocenters. The zero-order valence-electron chi connectivity index (χ0n) is 21.2. The summed E-state index contributed by atoms with van der Waals surface area (Å²) in [7, 11) is 0. The lowest BCUT2D eigenvalue weighted by Gasteiger charge is -2.22. The van der Waals surface area contributed by atoms with Crippen molar-refractivity contribution in [2.75, 3.05) is 6.54 Å². The number of nitrogens with two attached hydrogens (primary N) is 1. The van der Waals surface area contributed by atoms with Gasteiger partial charge in [0, 0.05) is 29.9 Å². The van der Waals surface area contributed by atoms with E-state index < -0.39 is 48.4 Å². The molecule has 3 unspecified atom stereocenters. The van der Waals surface area contributed by atoms with Crippen LogP contribution < -0.4 is 21.7 Å². The number of phenols is 1. The highest BCUT2D eigenvalue weighted by molar-refractivity contribution is 5.93. The molecule has 0 fully saturated rings. The second-order valence-corrected chi connectivity index (χ2v) is 9.44. The SMILES string of the molecule is CC(C)C(N)C(=O)NCC(=O)NC(Cc1ccc(O)cc1)C(=O)NC(Cc1c[nH]c2ccccc12)C(=O)O. The molecule has 202 valence electrons. The van der Waals surface area contributed by atoms with Crippen LogP contribution in [0.2, 0.25) is 0 Å². The maximum atomic E-state index is 13.2. The van der Waals surface area contributed by atoms with Crippen LogP contribution in [0.15, 0.2) is 54.7 Å². The summed E-state index contributed by atoms with van der Waals surface area (Å²) in [6, 6.07) is 10.3. The number of hydrogen-bond acceptors (Lipinski definition) is 6. The fraction of sp³-hybridized carbons (Fsp3) is 0.333. The molecule has 3 amide bonds. The number of benzene rings is 2. The van der Waals surface area contributed by atoms with Gasteiger partial charge in [-0.3, -0.25) is 14.4 Å². The summed E-state index contributed by atoms with van der Waals surface area (Å²) in [6.45, 7) is 3.14. The Bertz CT molecular complexity index is 1290. The molecule has 0 saturated heterocycles. The van der Waals surface area contributed by atoms with Gasteiger partial charge in [0.1, 0.15) is 17.8 Å². The summed E-state index contributed by atoms with van der Waals surface area (Å²) >= 11 is 0. The molecule has 8 N–H and O–H groups in total. The van der Waals surface area contributed by atoms with Gasteiger partial charge in [-0.05, 0) is 35.2 Å². The molecule has 0 aliphatic carbocycles. The number of nitrogens with one attached hydrogen (secondary N) is 4. The minimum absolute atomic E-state index is 0.0219. The minimum Gasteiger partial charge on any atom is -0.508 e. The Morgan fingerprint density at radius 2 is 1.61 bits per heavy atom. The number of fused-ring (bicyclic) bond motifs is 1. The Morgan fingerprint density at radius 1 is 0.921 bits per heavy atom. The van der Waals surface area contributed by atoms with Crippen LogP contribution in [-0.2, 0) is 32.0 Å². The lowest BCUT2D eigenvalue weighted by molar-refractivity contribution is -0.142. The number of carbonyl (C=O) groups is 4. The number of amides is 3. The second kappa shape index (κ2) is 12.7. The highest BCUT2D eigenvalue weighted by atomic mass is 16.4. The van der Waals surface area contributed by atoms with Crippen molar-refractivity contribution in [1.82, 2.24) is 20.9 Å². The summed E-state index contributed by atoms with van der Waals surface area (Å²) in [5.74, 6) is -3.17. The smallest absolute Gasteiger partial charge is 0.326 e. The van der Waals surface area contributed by atoms with Crippen molar-refractivity contribution in [3.63, 3.8) is 0 Å². The number of H-pyrrole nitrogens is 1. The normalized spacial score (nSPS) is 13.5. The number of aromatic hydroxyl groups is 1. The molecular weight excluding hydrogens is 490 g/mol. The van der Waals surface area contributed by atoms with Crippen LogP contribution in [0.5, 0.6) is 5.75 Å². The van der Waals surface area contributed by atoms with Crippen molar-refractivity contribution >= 4 is 34.6 Å². The van der Waals surface area contributed by atoms with Crippen molar-refractivity contribution in [2.24, 2.45) is 11.7 Å². The molecule has 38 heavy (non-hydrogen) atoms. The van der Waals surface area contributed by atoms with Crippen molar-refractivity contribution < 1.29 is 29.4 Å². The number of carbonyl (C=O) groups excluding carboxylic acids is 3. The Morgan fingerprint density at radius 3 is 2.26 bits per heavy atom. The zero-order valence-corrected chi connectivity index (χ0v) is 21.2. The molecule has 2 aromatic carbocycles. The number of para-hydroxylation sites is 1. The van der Waals surface area contributed by atoms with E-state index in [-0.39, 0.29) is 24.5 Å². The largest absolute Gasteiger partial charge is 0.508 e. The average Bonchev–Trinajstić information content (AvgIpc) is 3.29. The van der Waals surface area contributed by atoms with Gasteiger partial charge in [0.25, 0.3) is 0 Å². The number of aromatic nitrogens is 1. The van der Waals surface area contributed by atoms with Gasteiger partial charge in [-0.1, -0.05) is 44.2 Å². The molecule has 0 aliphatic rings. The van der Waals surface area contributed by atoms with E-state index in [0.717, 1.165) is 16.5 Å². The third-order valence-electron chi connectivity index (χ3n) is 6.19. The molecule has 0 radical (unpaired) electrons. The molecule has 3 rings (SSSR count). The number of rotatable bonds is 12. The standard InChI is InChI=1S/C27H33N5O6/c1-15(2)24(28)26(36)30-14-23(34)31-21(11-16-7-9-18(33)10-8-16)25(35)32-22(27(37)38)12-17-13-29-20-6-4-3-5-19(17)20/h3-10,13,15,21-22,24,29,33H,11-12,14,28H2,1-2H3,(H,30,36)(H,31,34)(H,32,35)(H,37,38). The summed E-state index contributed by atoms with van der Waals surface area (Å²) < 4.78 is 0. The van der Waals surface area contributed by atoms with Crippen LogP contribution in [0.25, 0.3) is 10.9 Å². The monoisotopic (exact) mass is 523 g/mol. The Labute approximate surface area is 219 Å². The van der Waals surface area contributed by atoms with E-state index in [1.54, 1.807) is 32.2 Å². The first kappa shape index (κ1) is 28.2. The van der Waals surface area contributed by atoms with Crippen molar-refractivity contribution in [2.45, 2.75) is 44.8 Å². The summed E-state index contributed by atoms with van der Waals surface area (Å²) in [5, 5.41) is 27.8. The van der Waals surface area contributed by atoms with Crippen molar-refractivity contribution in [3.05, 3.63) is 65.9 Å². The molecule has 11 heteroatoms. The quantitative estimate of drug-likeness (QED) is 0.183. The number of phenolic OH excluding ortho intramolecular Hbond substituents is 1. The van der Waals surface area contributed by atoms with E-state index in [4.69, 9.17) is 5.73 Å². The number of hydrogen-bond donors (Lipinski definition) is 7. The van der Waals surface area contributed by atoms with Crippen molar-refractivity contribution in [1.29, 1.82) is 0 Å². The van der Waals surface area contributed by atoms with Gasteiger partial charge in [-0.25, -0.2) is 4.79 Å². The number of aliphatic carboxylic acids is 1. The maximum absolute atomic E-state index is 13.2. The van der Waals surface area contributed by atoms with Gasteiger partial charge in [0.05, 0.1) is 12.6 Å². The molecular formula is C27H33N5O6. The van der Waals surface area contributed by atoms with E-state index in [9.17, 15) is 29.4 Å².